The van der Waals surface area contributed by atoms with Crippen LogP contribution in [0.2, 0.25) is 0 Å². The van der Waals surface area contributed by atoms with Crippen molar-refractivity contribution in [2.75, 3.05) is 33.5 Å². The summed E-state index contributed by atoms with van der Waals surface area (Å²) in [6.45, 7) is 2.88. The van der Waals surface area contributed by atoms with Gasteiger partial charge in [0.25, 0.3) is 0 Å². The number of carbonyl (C=O) groups is 1. The summed E-state index contributed by atoms with van der Waals surface area (Å²) in [7, 11) is 1.63. The molecule has 0 aliphatic carbocycles. The summed E-state index contributed by atoms with van der Waals surface area (Å²) in [5.41, 5.74) is 0.0962. The third-order valence-corrected chi connectivity index (χ3v) is 2.24. The topological polar surface area (TPSA) is 93.8 Å². The minimum Gasteiger partial charge on any atom is -0.478 e. The van der Waals surface area contributed by atoms with E-state index in [-0.39, 0.29) is 5.56 Å². The summed E-state index contributed by atoms with van der Waals surface area (Å²) in [6.07, 6.45) is 2.04. The van der Waals surface area contributed by atoms with Gasteiger partial charge in [0.1, 0.15) is 5.56 Å². The Kier molecular flexibility index (Phi) is 7.00. The van der Waals surface area contributed by atoms with Gasteiger partial charge in [0, 0.05) is 13.7 Å². The standard InChI is InChI=1S/C11H18N2O5/c1-16-5-6-17-4-2-3-12-8-10-9(11(14)15)7-13-18-10/h7,12H,2-6,8H2,1H3,(H,14,15). The first-order valence-electron chi connectivity index (χ1n) is 5.70. The first kappa shape index (κ1) is 14.6. The van der Waals surface area contributed by atoms with E-state index < -0.39 is 5.97 Å². The van der Waals surface area contributed by atoms with Gasteiger partial charge in [-0.05, 0) is 13.0 Å². The van der Waals surface area contributed by atoms with Crippen LogP contribution in [0.3, 0.4) is 0 Å². The summed E-state index contributed by atoms with van der Waals surface area (Å²) >= 11 is 0. The van der Waals surface area contributed by atoms with E-state index in [9.17, 15) is 4.79 Å². The molecule has 102 valence electrons. The predicted molar refractivity (Wildman–Crippen MR) is 62.5 cm³/mol. The fraction of sp³-hybridized carbons (Fsp3) is 0.636. The van der Waals surface area contributed by atoms with Gasteiger partial charge in [0.2, 0.25) is 0 Å². The van der Waals surface area contributed by atoms with Crippen LogP contribution >= 0.6 is 0 Å². The molecular weight excluding hydrogens is 240 g/mol. The number of carboxylic acids is 1. The highest BCUT2D eigenvalue weighted by atomic mass is 16.5. The summed E-state index contributed by atoms with van der Waals surface area (Å²) in [6, 6.07) is 0. The molecule has 2 N–H and O–H groups in total. The van der Waals surface area contributed by atoms with Gasteiger partial charge in [0.15, 0.2) is 5.76 Å². The molecule has 0 saturated heterocycles. The number of hydrogen-bond donors (Lipinski definition) is 2. The Morgan fingerprint density at radius 3 is 3.06 bits per heavy atom. The average molecular weight is 258 g/mol. The average Bonchev–Trinajstić information content (AvgIpc) is 2.81. The maximum absolute atomic E-state index is 10.8. The zero-order valence-corrected chi connectivity index (χ0v) is 10.3. The van der Waals surface area contributed by atoms with Crippen LogP contribution in [0, 0.1) is 0 Å². The van der Waals surface area contributed by atoms with Crippen molar-refractivity contribution in [3.63, 3.8) is 0 Å². The van der Waals surface area contributed by atoms with Crippen LogP contribution in [0.1, 0.15) is 22.5 Å². The molecule has 0 bridgehead atoms. The van der Waals surface area contributed by atoms with Crippen molar-refractivity contribution >= 4 is 5.97 Å². The number of hydrogen-bond acceptors (Lipinski definition) is 6. The van der Waals surface area contributed by atoms with Crippen molar-refractivity contribution in [1.82, 2.24) is 10.5 Å². The number of ether oxygens (including phenoxy) is 2. The van der Waals surface area contributed by atoms with E-state index in [2.05, 4.69) is 10.5 Å². The second-order valence-corrected chi connectivity index (χ2v) is 3.60. The van der Waals surface area contributed by atoms with Crippen LogP contribution in [0.25, 0.3) is 0 Å². The highest BCUT2D eigenvalue weighted by Crippen LogP contribution is 2.06. The third-order valence-electron chi connectivity index (χ3n) is 2.24. The Balaban J connectivity index is 2.07. The Morgan fingerprint density at radius 2 is 2.33 bits per heavy atom. The zero-order valence-electron chi connectivity index (χ0n) is 10.3. The minimum absolute atomic E-state index is 0.0962. The van der Waals surface area contributed by atoms with Gasteiger partial charge < -0.3 is 24.4 Å². The molecule has 0 aliphatic heterocycles. The smallest absolute Gasteiger partial charge is 0.341 e. The van der Waals surface area contributed by atoms with E-state index >= 15 is 0 Å². The minimum atomic E-state index is -1.03. The van der Waals surface area contributed by atoms with Gasteiger partial charge in [-0.2, -0.15) is 0 Å². The lowest BCUT2D eigenvalue weighted by Gasteiger charge is -2.04. The summed E-state index contributed by atoms with van der Waals surface area (Å²) < 4.78 is 15.0. The van der Waals surface area contributed by atoms with Gasteiger partial charge in [-0.25, -0.2) is 4.79 Å². The summed E-state index contributed by atoms with van der Waals surface area (Å²) in [5, 5.41) is 15.3. The second-order valence-electron chi connectivity index (χ2n) is 3.60. The highest BCUT2D eigenvalue weighted by Gasteiger charge is 2.13. The number of nitrogens with zero attached hydrogens (tertiary/aromatic N) is 1. The molecule has 7 nitrogen and oxygen atoms in total. The number of rotatable bonds is 10. The SMILES string of the molecule is COCCOCCCNCc1oncc1C(=O)O. The fourth-order valence-corrected chi connectivity index (χ4v) is 1.31. The first-order valence-corrected chi connectivity index (χ1v) is 5.70. The van der Waals surface area contributed by atoms with Gasteiger partial charge in [-0.15, -0.1) is 0 Å². The molecule has 7 heteroatoms. The lowest BCUT2D eigenvalue weighted by atomic mass is 10.2. The van der Waals surface area contributed by atoms with E-state index in [4.69, 9.17) is 19.1 Å². The van der Waals surface area contributed by atoms with Crippen molar-refractivity contribution in [2.24, 2.45) is 0 Å². The molecule has 0 saturated carbocycles. The molecule has 0 atom stereocenters. The molecule has 1 rings (SSSR count). The number of aromatic carboxylic acids is 1. The number of aromatic nitrogens is 1. The van der Waals surface area contributed by atoms with Crippen LogP contribution in [0.15, 0.2) is 10.7 Å². The van der Waals surface area contributed by atoms with Crippen molar-refractivity contribution < 1.29 is 23.9 Å². The molecule has 1 heterocycles. The van der Waals surface area contributed by atoms with Crippen molar-refractivity contribution in [1.29, 1.82) is 0 Å². The van der Waals surface area contributed by atoms with Crippen LogP contribution in [0.4, 0.5) is 0 Å². The van der Waals surface area contributed by atoms with Crippen LogP contribution < -0.4 is 5.32 Å². The molecular formula is C11H18N2O5. The molecule has 0 fully saturated rings. The van der Waals surface area contributed by atoms with Crippen LogP contribution in [-0.2, 0) is 16.0 Å². The molecule has 1 aromatic heterocycles. The summed E-state index contributed by atoms with van der Waals surface area (Å²) in [5.74, 6) is -0.696. The van der Waals surface area contributed by atoms with Crippen molar-refractivity contribution in [3.05, 3.63) is 17.5 Å². The largest absolute Gasteiger partial charge is 0.478 e. The van der Waals surface area contributed by atoms with Gasteiger partial charge in [0.05, 0.1) is 26.0 Å². The van der Waals surface area contributed by atoms with E-state index in [0.717, 1.165) is 6.42 Å². The van der Waals surface area contributed by atoms with Crippen molar-refractivity contribution in [2.45, 2.75) is 13.0 Å². The molecule has 0 unspecified atom stereocenters. The number of nitrogens with one attached hydrogen (secondary N) is 1. The Labute approximate surface area is 105 Å². The monoisotopic (exact) mass is 258 g/mol. The normalized spacial score (nSPS) is 10.7. The van der Waals surface area contributed by atoms with Crippen LogP contribution in [0.5, 0.6) is 0 Å². The number of methoxy groups -OCH3 is 1. The molecule has 0 radical (unpaired) electrons. The molecule has 18 heavy (non-hydrogen) atoms. The molecule has 0 amide bonds. The zero-order chi connectivity index (χ0) is 13.2. The van der Waals surface area contributed by atoms with E-state index in [1.165, 1.54) is 6.20 Å². The fourth-order valence-electron chi connectivity index (χ4n) is 1.31. The van der Waals surface area contributed by atoms with E-state index in [1.807, 2.05) is 0 Å². The molecule has 1 aromatic rings. The second kappa shape index (κ2) is 8.62. The van der Waals surface area contributed by atoms with E-state index in [1.54, 1.807) is 7.11 Å². The molecule has 0 aliphatic rings. The predicted octanol–water partition coefficient (Wildman–Crippen LogP) is 0.515. The summed E-state index contributed by atoms with van der Waals surface area (Å²) in [4.78, 5) is 10.8. The Hall–Kier alpha value is -1.44. The van der Waals surface area contributed by atoms with Gasteiger partial charge in [-0.1, -0.05) is 5.16 Å². The molecule has 0 aromatic carbocycles. The first-order chi connectivity index (χ1) is 8.75. The lowest BCUT2D eigenvalue weighted by Crippen LogP contribution is -2.18. The Morgan fingerprint density at radius 1 is 1.50 bits per heavy atom. The quantitative estimate of drug-likeness (QED) is 0.591. The Bertz CT molecular complexity index is 353. The van der Waals surface area contributed by atoms with E-state index in [0.29, 0.717) is 38.7 Å². The van der Waals surface area contributed by atoms with Crippen LogP contribution in [-0.4, -0.2) is 49.7 Å². The maximum atomic E-state index is 10.8. The molecule has 0 spiro atoms. The third kappa shape index (κ3) is 5.26. The van der Waals surface area contributed by atoms with Gasteiger partial charge >= 0.3 is 5.97 Å². The number of carboxylic acid groups (broad SMARTS) is 1. The highest BCUT2D eigenvalue weighted by molar-refractivity contribution is 5.88. The van der Waals surface area contributed by atoms with Crippen molar-refractivity contribution in [3.8, 4) is 0 Å². The maximum Gasteiger partial charge on any atom is 0.341 e. The lowest BCUT2D eigenvalue weighted by molar-refractivity contribution is 0.0688. The van der Waals surface area contributed by atoms with Gasteiger partial charge in [-0.3, -0.25) is 0 Å².